The average Bonchev–Trinajstić information content (AvgIpc) is 3.06. The Labute approximate surface area is 222 Å². The molecule has 0 saturated carbocycles. The summed E-state index contributed by atoms with van der Waals surface area (Å²) in [5.41, 5.74) is 8.79. The summed E-state index contributed by atoms with van der Waals surface area (Å²) >= 11 is 0. The maximum absolute atomic E-state index is 8.59. The van der Waals surface area contributed by atoms with E-state index in [0.29, 0.717) is 6.10 Å². The van der Waals surface area contributed by atoms with Crippen molar-refractivity contribution in [1.29, 1.82) is 0 Å². The molecule has 3 aromatic rings. The molecule has 0 unspecified atom stereocenters. The summed E-state index contributed by atoms with van der Waals surface area (Å²) in [7, 11) is 0. The number of carbonyl (C=O) groups excluding carboxylic acids is 1. The average molecular weight is 641 g/mol. The number of aliphatic hydroxyl groups is 1. The third-order valence-corrected chi connectivity index (χ3v) is 6.37. The van der Waals surface area contributed by atoms with E-state index in [-0.39, 0.29) is 31.3 Å². The van der Waals surface area contributed by atoms with Crippen molar-refractivity contribution in [2.24, 2.45) is 0 Å². The standard InChI is InChI=1S/C25H20N.C6H10O2.Ir/c1-25(2)21-10-6-5-9-19(21)20-14-12-18(16-22(20)25)24-15-13-17-8-4-7-11-23(17)26(24)3;1-5(7)4-6(2)8-3;/h4-11,13-16H,3H2,1-2H3;4,7H,3H2,1-2H3;/q-1;;/b;5-4-;. The normalized spacial score (nSPS) is 14.6. The van der Waals surface area contributed by atoms with Crippen LogP contribution in [0.25, 0.3) is 17.2 Å². The molecule has 1 radical (unpaired) electrons. The number of nitrogens with zero attached hydrogens (tertiary/aromatic N) is 1. The van der Waals surface area contributed by atoms with E-state index in [1.54, 1.807) is 13.8 Å². The fourth-order valence-electron chi connectivity index (χ4n) is 4.62. The topological polar surface area (TPSA) is 34.5 Å². The number of fused-ring (bicyclic) bond motifs is 4. The summed E-state index contributed by atoms with van der Waals surface area (Å²) in [6, 6.07) is 26.1. The predicted molar refractivity (Wildman–Crippen MR) is 140 cm³/mol. The van der Waals surface area contributed by atoms with Crippen LogP contribution in [0.1, 0.15) is 49.9 Å². The van der Waals surface area contributed by atoms with Crippen molar-refractivity contribution in [2.45, 2.75) is 33.1 Å². The van der Waals surface area contributed by atoms with Crippen LogP contribution in [-0.4, -0.2) is 23.2 Å². The molecule has 0 amide bonds. The molecule has 0 atom stereocenters. The molecular weight excluding hydrogens is 611 g/mol. The Balaban J connectivity index is 0.000000332. The molecule has 0 saturated heterocycles. The van der Waals surface area contributed by atoms with Crippen LogP contribution in [-0.2, 0) is 29.9 Å². The fraction of sp³-hybridized carbons (Fsp3) is 0.161. The number of aliphatic hydroxyl groups excluding tert-OH is 1. The maximum atomic E-state index is 8.59. The molecule has 1 heterocycles. The Morgan fingerprint density at radius 3 is 2.49 bits per heavy atom. The second kappa shape index (κ2) is 10.5. The van der Waals surface area contributed by atoms with Gasteiger partial charge in [-0.1, -0.05) is 74.4 Å². The van der Waals surface area contributed by atoms with Gasteiger partial charge in [-0.15, -0.1) is 17.7 Å². The van der Waals surface area contributed by atoms with Gasteiger partial charge < -0.3 is 14.1 Å². The Morgan fingerprint density at radius 1 is 1.11 bits per heavy atom. The van der Waals surface area contributed by atoms with Crippen LogP contribution in [0.2, 0.25) is 0 Å². The van der Waals surface area contributed by atoms with Crippen molar-refractivity contribution < 1.29 is 34.2 Å². The van der Waals surface area contributed by atoms with E-state index in [1.165, 1.54) is 33.9 Å². The van der Waals surface area contributed by atoms with Crippen molar-refractivity contribution >= 4 is 25.3 Å². The second-order valence-corrected chi connectivity index (χ2v) is 9.09. The van der Waals surface area contributed by atoms with Crippen molar-refractivity contribution in [3.8, 4) is 11.1 Å². The molecular formula is C31H30IrNO2-. The summed E-state index contributed by atoms with van der Waals surface area (Å²) < 4.78 is 6.51. The van der Waals surface area contributed by atoms with E-state index in [4.69, 9.17) is 5.11 Å². The first-order chi connectivity index (χ1) is 16.2. The van der Waals surface area contributed by atoms with Crippen LogP contribution in [0.15, 0.2) is 78.6 Å². The summed E-state index contributed by atoms with van der Waals surface area (Å²) in [4.78, 5) is 0. The molecule has 2 aliphatic rings. The molecule has 181 valence electrons. The minimum Gasteiger partial charge on any atom is -0.569 e. The summed E-state index contributed by atoms with van der Waals surface area (Å²) in [6.07, 6.45) is 6.40. The predicted octanol–water partition coefficient (Wildman–Crippen LogP) is 7.11. The molecule has 35 heavy (non-hydrogen) atoms. The first-order valence-corrected chi connectivity index (χ1v) is 11.3. The zero-order valence-electron chi connectivity index (χ0n) is 20.6. The van der Waals surface area contributed by atoms with Crippen molar-refractivity contribution in [3.63, 3.8) is 0 Å². The molecule has 0 spiro atoms. The molecule has 3 aromatic carbocycles. The van der Waals surface area contributed by atoms with Gasteiger partial charge in [0.15, 0.2) is 6.79 Å². The molecule has 0 fully saturated rings. The number of hydrogen-bond acceptors (Lipinski definition) is 1. The minimum atomic E-state index is -0.00136. The van der Waals surface area contributed by atoms with E-state index in [9.17, 15) is 0 Å². The summed E-state index contributed by atoms with van der Waals surface area (Å²) in [5, 5.41) is 8.59. The Bertz CT molecular complexity index is 1320. The number of allylic oxidation sites excluding steroid dienone is 1. The van der Waals surface area contributed by atoms with Crippen LogP contribution in [0.4, 0.5) is 5.69 Å². The van der Waals surface area contributed by atoms with Gasteiger partial charge >= 0.3 is 0 Å². The van der Waals surface area contributed by atoms with Gasteiger partial charge in [0.2, 0.25) is 6.10 Å². The van der Waals surface area contributed by atoms with Crippen LogP contribution >= 0.6 is 0 Å². The van der Waals surface area contributed by atoms with Crippen molar-refractivity contribution in [1.82, 2.24) is 0 Å². The number of rotatable bonds is 3. The molecule has 3 nitrogen and oxygen atoms in total. The van der Waals surface area contributed by atoms with Crippen LogP contribution in [0, 0.1) is 18.2 Å². The van der Waals surface area contributed by atoms with Gasteiger partial charge in [0.25, 0.3) is 0 Å². The first kappa shape index (κ1) is 26.3. The van der Waals surface area contributed by atoms with Gasteiger partial charge in [-0.25, -0.2) is 0 Å². The smallest absolute Gasteiger partial charge is 0.217 e. The molecule has 1 aliphatic carbocycles. The van der Waals surface area contributed by atoms with Gasteiger partial charge in [-0.3, -0.25) is 0 Å². The fourth-order valence-corrected chi connectivity index (χ4v) is 4.62. The van der Waals surface area contributed by atoms with Crippen LogP contribution in [0.5, 0.6) is 0 Å². The molecule has 0 bridgehead atoms. The van der Waals surface area contributed by atoms with Gasteiger partial charge in [0, 0.05) is 39.2 Å². The van der Waals surface area contributed by atoms with Gasteiger partial charge in [0.05, 0.1) is 11.7 Å². The van der Waals surface area contributed by atoms with Gasteiger partial charge in [-0.2, -0.15) is 18.2 Å². The Morgan fingerprint density at radius 2 is 1.80 bits per heavy atom. The number of para-hydroxylation sites is 1. The minimum absolute atomic E-state index is 0. The van der Waals surface area contributed by atoms with Gasteiger partial charge in [-0.05, 0) is 34.6 Å². The van der Waals surface area contributed by atoms with Crippen molar-refractivity contribution in [3.05, 3.63) is 119 Å². The quantitative estimate of drug-likeness (QED) is 0.141. The first-order valence-electron chi connectivity index (χ1n) is 11.3. The zero-order chi connectivity index (χ0) is 24.5. The Hall–Kier alpha value is -3.33. The van der Waals surface area contributed by atoms with E-state index < -0.39 is 0 Å². The van der Waals surface area contributed by atoms with E-state index in [1.807, 2.05) is 4.58 Å². The molecule has 1 aliphatic heterocycles. The van der Waals surface area contributed by atoms with E-state index >= 15 is 0 Å². The summed E-state index contributed by atoms with van der Waals surface area (Å²) in [6.45, 7) is 15.3. The van der Waals surface area contributed by atoms with Crippen LogP contribution < -0.4 is 0 Å². The Kier molecular flexibility index (Phi) is 7.89. The van der Waals surface area contributed by atoms with E-state index in [2.05, 4.69) is 111 Å². The number of hydrogen-bond donors (Lipinski definition) is 1. The largest absolute Gasteiger partial charge is 0.569 e. The zero-order valence-corrected chi connectivity index (χ0v) is 23.0. The molecule has 5 rings (SSSR count). The third-order valence-electron chi connectivity index (χ3n) is 6.37. The van der Waals surface area contributed by atoms with Gasteiger partial charge in [0.1, 0.15) is 0 Å². The third kappa shape index (κ3) is 5.05. The van der Waals surface area contributed by atoms with E-state index in [0.717, 1.165) is 17.3 Å². The molecule has 4 heteroatoms. The maximum Gasteiger partial charge on any atom is 0.217 e. The SMILES string of the molecule is C=[N+]1c2ccccc2C=C[C-]1c1[c-]cc2c(c1)C(C)(C)c1ccccc1-2.C=[O+][C-](C)/C=C(/C)O.[Ir]. The monoisotopic (exact) mass is 641 g/mol. The van der Waals surface area contributed by atoms with Crippen molar-refractivity contribution in [2.75, 3.05) is 0 Å². The second-order valence-electron chi connectivity index (χ2n) is 9.09. The van der Waals surface area contributed by atoms with Crippen LogP contribution in [0.3, 0.4) is 0 Å². The molecule has 1 N–H and O–H groups in total. The number of benzene rings is 3. The molecule has 0 aromatic heterocycles. The summed E-state index contributed by atoms with van der Waals surface area (Å²) in [5.74, 6) is 0.228.